The number of carboxylic acids is 1. The Morgan fingerprint density at radius 1 is 1.12 bits per heavy atom. The molecule has 0 bridgehead atoms. The van der Waals surface area contributed by atoms with Crippen LogP contribution < -0.4 is 10.0 Å². The van der Waals surface area contributed by atoms with Gasteiger partial charge in [-0.25, -0.2) is 9.00 Å². The number of anilines is 1. The van der Waals surface area contributed by atoms with Crippen molar-refractivity contribution in [1.82, 2.24) is 5.32 Å². The first-order valence-corrected chi connectivity index (χ1v) is 14.4. The average Bonchev–Trinajstić information content (AvgIpc) is 3.29. The van der Waals surface area contributed by atoms with Gasteiger partial charge in [0.05, 0.1) is 0 Å². The fourth-order valence-electron chi connectivity index (χ4n) is 2.89. The molecule has 0 saturated heterocycles. The van der Waals surface area contributed by atoms with Crippen molar-refractivity contribution in [3.63, 3.8) is 0 Å². The van der Waals surface area contributed by atoms with Crippen LogP contribution in [0.1, 0.15) is 16.8 Å². The molecule has 0 spiro atoms. The third-order valence-electron chi connectivity index (χ3n) is 4.41. The van der Waals surface area contributed by atoms with Crippen molar-refractivity contribution in [1.29, 1.82) is 0 Å². The first-order chi connectivity index (χ1) is 15.5. The lowest BCUT2D eigenvalue weighted by atomic mass is 9.99. The van der Waals surface area contributed by atoms with E-state index in [-0.39, 0.29) is 0 Å². The SMILES string of the molecule is CSCC[C@H](NC(=O)c1ccc(SS(=O)Nc2cccs2)cc1-c1ccccc1)C(=O)O. The molecule has 10 heteroatoms. The van der Waals surface area contributed by atoms with Gasteiger partial charge in [0.25, 0.3) is 5.91 Å². The van der Waals surface area contributed by atoms with E-state index in [4.69, 9.17) is 0 Å². The van der Waals surface area contributed by atoms with Crippen LogP contribution in [0.2, 0.25) is 0 Å². The summed E-state index contributed by atoms with van der Waals surface area (Å²) in [6.45, 7) is 0. The highest BCUT2D eigenvalue weighted by molar-refractivity contribution is 8.69. The first-order valence-electron chi connectivity index (χ1n) is 9.60. The summed E-state index contributed by atoms with van der Waals surface area (Å²) >= 11 is 2.99. The highest BCUT2D eigenvalue weighted by atomic mass is 33.1. The summed E-state index contributed by atoms with van der Waals surface area (Å²) in [6.07, 6.45) is 2.23. The van der Waals surface area contributed by atoms with Gasteiger partial charge in [-0.1, -0.05) is 30.3 Å². The molecule has 3 N–H and O–H groups in total. The zero-order chi connectivity index (χ0) is 22.9. The molecule has 3 aromatic rings. The number of carbonyl (C=O) groups excluding carboxylic acids is 1. The number of hydrogen-bond donors (Lipinski definition) is 3. The van der Waals surface area contributed by atoms with Crippen molar-refractivity contribution in [2.24, 2.45) is 0 Å². The minimum Gasteiger partial charge on any atom is -0.480 e. The van der Waals surface area contributed by atoms with Gasteiger partial charge in [-0.3, -0.25) is 9.52 Å². The van der Waals surface area contributed by atoms with Crippen LogP contribution in [-0.2, 0) is 14.8 Å². The summed E-state index contributed by atoms with van der Waals surface area (Å²) in [6, 6.07) is 17.3. The van der Waals surface area contributed by atoms with E-state index in [1.54, 1.807) is 18.2 Å². The number of nitrogens with one attached hydrogen (secondary N) is 2. The summed E-state index contributed by atoms with van der Waals surface area (Å²) < 4.78 is 15.4. The number of rotatable bonds is 11. The summed E-state index contributed by atoms with van der Waals surface area (Å²) in [5.41, 5.74) is 1.83. The van der Waals surface area contributed by atoms with E-state index in [9.17, 15) is 18.9 Å². The van der Waals surface area contributed by atoms with Crippen LogP contribution in [0.25, 0.3) is 11.1 Å². The van der Waals surface area contributed by atoms with Gasteiger partial charge in [-0.15, -0.1) is 11.3 Å². The Labute approximate surface area is 201 Å². The molecule has 2 atom stereocenters. The van der Waals surface area contributed by atoms with Gasteiger partial charge in [-0.2, -0.15) is 11.8 Å². The molecule has 0 radical (unpaired) electrons. The number of aliphatic carboxylic acids is 1. The predicted molar refractivity (Wildman–Crippen MR) is 136 cm³/mol. The Morgan fingerprint density at radius 2 is 1.91 bits per heavy atom. The number of hydrogen-bond acceptors (Lipinski definition) is 6. The minimum absolute atomic E-state index is 0.338. The van der Waals surface area contributed by atoms with E-state index in [2.05, 4.69) is 10.0 Å². The van der Waals surface area contributed by atoms with E-state index in [1.807, 2.05) is 54.1 Å². The van der Waals surface area contributed by atoms with Crippen LogP contribution >= 0.6 is 33.9 Å². The zero-order valence-electron chi connectivity index (χ0n) is 17.1. The van der Waals surface area contributed by atoms with Gasteiger partial charge in [0.1, 0.15) is 11.0 Å². The van der Waals surface area contributed by atoms with Crippen LogP contribution in [0.4, 0.5) is 5.00 Å². The molecule has 2 aromatic carbocycles. The molecule has 168 valence electrons. The van der Waals surface area contributed by atoms with Gasteiger partial charge in [0.15, 0.2) is 10.0 Å². The second-order valence-corrected chi connectivity index (χ2v) is 11.3. The quantitative estimate of drug-likeness (QED) is 0.312. The number of thioether (sulfide) groups is 1. The highest BCUT2D eigenvalue weighted by Gasteiger charge is 2.22. The predicted octanol–water partition coefficient (Wildman–Crippen LogP) is 5.13. The molecule has 1 aromatic heterocycles. The second kappa shape index (κ2) is 12.1. The molecule has 0 fully saturated rings. The molecule has 1 unspecified atom stereocenters. The maximum atomic E-state index is 13.0. The molecule has 0 aliphatic rings. The second-order valence-electron chi connectivity index (χ2n) is 6.62. The third-order valence-corrected chi connectivity index (χ3v) is 8.24. The van der Waals surface area contributed by atoms with Gasteiger partial charge < -0.3 is 10.4 Å². The summed E-state index contributed by atoms with van der Waals surface area (Å²) in [5.74, 6) is -0.885. The van der Waals surface area contributed by atoms with Crippen molar-refractivity contribution in [3.05, 3.63) is 71.6 Å². The van der Waals surface area contributed by atoms with E-state index in [0.29, 0.717) is 23.3 Å². The maximum Gasteiger partial charge on any atom is 0.326 e. The number of benzene rings is 2. The summed E-state index contributed by atoms with van der Waals surface area (Å²) in [4.78, 5) is 25.3. The van der Waals surface area contributed by atoms with Crippen LogP contribution in [0.3, 0.4) is 0 Å². The Hall–Kier alpha value is -2.27. The normalized spacial score (nSPS) is 12.7. The van der Waals surface area contributed by atoms with Gasteiger partial charge in [0.2, 0.25) is 0 Å². The van der Waals surface area contributed by atoms with Crippen LogP contribution in [-0.4, -0.2) is 39.2 Å². The molecular formula is C22H22N2O4S4. The lowest BCUT2D eigenvalue weighted by Gasteiger charge is -2.16. The Kier molecular flexibility index (Phi) is 9.22. The van der Waals surface area contributed by atoms with Gasteiger partial charge in [-0.05, 0) is 76.1 Å². The number of carbonyl (C=O) groups is 2. The smallest absolute Gasteiger partial charge is 0.326 e. The molecule has 0 aliphatic carbocycles. The highest BCUT2D eigenvalue weighted by Crippen LogP contribution is 2.32. The largest absolute Gasteiger partial charge is 0.480 e. The standard InChI is InChI=1S/C22H22N2O4S4/c1-29-13-11-19(22(26)27)23-21(25)17-10-9-16(14-18(17)15-6-3-2-4-7-15)31-32(28)24-20-8-5-12-30-20/h2-10,12,14,19,24H,11,13H2,1H3,(H,23,25)(H,26,27)/t19-,32?/m0/s1. The molecule has 1 heterocycles. The molecule has 1 amide bonds. The van der Waals surface area contributed by atoms with Crippen molar-refractivity contribution >= 4 is 60.8 Å². The van der Waals surface area contributed by atoms with Crippen LogP contribution in [0.5, 0.6) is 0 Å². The lowest BCUT2D eigenvalue weighted by molar-refractivity contribution is -0.139. The maximum absolute atomic E-state index is 13.0. The van der Waals surface area contributed by atoms with Crippen molar-refractivity contribution in [3.8, 4) is 11.1 Å². The Bertz CT molecular complexity index is 1070. The molecule has 32 heavy (non-hydrogen) atoms. The number of carboxylic acid groups (broad SMARTS) is 1. The first kappa shape index (κ1) is 24.4. The van der Waals surface area contributed by atoms with Gasteiger partial charge >= 0.3 is 5.97 Å². The lowest BCUT2D eigenvalue weighted by Crippen LogP contribution is -2.41. The van der Waals surface area contributed by atoms with Crippen molar-refractivity contribution in [2.75, 3.05) is 16.7 Å². The van der Waals surface area contributed by atoms with E-state index >= 15 is 0 Å². The fourth-order valence-corrected chi connectivity index (χ4v) is 6.36. The number of thiophene rings is 1. The minimum atomic E-state index is -1.40. The molecule has 0 saturated carbocycles. The fraction of sp³-hybridized carbons (Fsp3) is 0.182. The molecule has 3 rings (SSSR count). The zero-order valence-corrected chi connectivity index (χ0v) is 20.4. The van der Waals surface area contributed by atoms with Crippen LogP contribution in [0, 0.1) is 0 Å². The van der Waals surface area contributed by atoms with E-state index in [1.165, 1.54) is 23.1 Å². The molecule has 0 aliphatic heterocycles. The summed E-state index contributed by atoms with van der Waals surface area (Å²) in [7, 11) is -0.265. The van der Waals surface area contributed by atoms with E-state index in [0.717, 1.165) is 26.3 Å². The Balaban J connectivity index is 1.86. The molecular weight excluding hydrogens is 485 g/mol. The monoisotopic (exact) mass is 506 g/mol. The molecule has 6 nitrogen and oxygen atoms in total. The summed E-state index contributed by atoms with van der Waals surface area (Å²) in [5, 5.41) is 14.8. The number of amides is 1. The third kappa shape index (κ3) is 6.86. The van der Waals surface area contributed by atoms with E-state index < -0.39 is 27.9 Å². The van der Waals surface area contributed by atoms with Gasteiger partial charge in [0, 0.05) is 10.5 Å². The topological polar surface area (TPSA) is 95.5 Å². The van der Waals surface area contributed by atoms with Crippen molar-refractivity contribution < 1.29 is 18.9 Å². The van der Waals surface area contributed by atoms with Crippen molar-refractivity contribution in [2.45, 2.75) is 17.4 Å². The average molecular weight is 507 g/mol. The van der Waals surface area contributed by atoms with Crippen LogP contribution in [0.15, 0.2) is 70.9 Å². The Morgan fingerprint density at radius 3 is 2.56 bits per heavy atom.